The van der Waals surface area contributed by atoms with Crippen LogP contribution in [0, 0.1) is 17.1 Å². The highest BCUT2D eigenvalue weighted by molar-refractivity contribution is 7.17. The Morgan fingerprint density at radius 1 is 1.32 bits per heavy atom. The molecular weight excluding hydrogens is 546 g/mol. The van der Waals surface area contributed by atoms with Gasteiger partial charge in [0.1, 0.15) is 22.4 Å². The van der Waals surface area contributed by atoms with E-state index in [0.29, 0.717) is 54.2 Å². The van der Waals surface area contributed by atoms with Crippen LogP contribution < -0.4 is 10.6 Å². The van der Waals surface area contributed by atoms with Crippen LogP contribution in [0.1, 0.15) is 59.9 Å². The molecule has 2 aliphatic rings. The molecule has 1 saturated heterocycles. The van der Waals surface area contributed by atoms with Gasteiger partial charge in [0.15, 0.2) is 5.82 Å². The number of nitrogens with two attached hydrogens (primary N) is 1. The zero-order valence-electron chi connectivity index (χ0n) is 24.0. The van der Waals surface area contributed by atoms with Gasteiger partial charge in [0, 0.05) is 42.3 Å². The molecule has 2 aliphatic heterocycles. The Hall–Kier alpha value is -3.43. The van der Waals surface area contributed by atoms with Gasteiger partial charge in [-0.05, 0) is 51.1 Å². The zero-order valence-corrected chi connectivity index (χ0v) is 24.8. The number of rotatable bonds is 7. The summed E-state index contributed by atoms with van der Waals surface area (Å²) < 4.78 is 43.9. The predicted octanol–water partition coefficient (Wildman–Crippen LogP) is 5.64. The predicted molar refractivity (Wildman–Crippen MR) is 159 cm³/mol. The van der Waals surface area contributed by atoms with Gasteiger partial charge in [-0.25, -0.2) is 18.7 Å². The van der Waals surface area contributed by atoms with E-state index < -0.39 is 11.6 Å². The third-order valence-corrected chi connectivity index (χ3v) is 8.68. The summed E-state index contributed by atoms with van der Waals surface area (Å²) in [6, 6.07) is 2.14. The summed E-state index contributed by atoms with van der Waals surface area (Å²) in [5.41, 5.74) is 9.82. The second-order valence-corrected chi connectivity index (χ2v) is 11.6. The van der Waals surface area contributed by atoms with E-state index >= 15 is 8.78 Å². The molecule has 41 heavy (non-hydrogen) atoms. The lowest BCUT2D eigenvalue weighted by Crippen LogP contribution is -2.47. The first-order valence-corrected chi connectivity index (χ1v) is 14.5. The third kappa shape index (κ3) is 5.21. The number of halogens is 2. The summed E-state index contributed by atoms with van der Waals surface area (Å²) in [7, 11) is 3.98. The van der Waals surface area contributed by atoms with E-state index in [4.69, 9.17) is 20.2 Å². The molecule has 216 valence electrons. The minimum Gasteiger partial charge on any atom is -0.389 e. The first kappa shape index (κ1) is 29.1. The number of morpholine rings is 1. The Kier molecular flexibility index (Phi) is 8.38. The van der Waals surface area contributed by atoms with Crippen LogP contribution in [0.4, 0.5) is 19.7 Å². The first-order chi connectivity index (χ1) is 19.7. The number of thiophene rings is 1. The number of anilines is 2. The maximum Gasteiger partial charge on any atom is 0.226 e. The maximum atomic E-state index is 17.0. The van der Waals surface area contributed by atoms with Crippen molar-refractivity contribution in [2.24, 2.45) is 0 Å². The van der Waals surface area contributed by atoms with Gasteiger partial charge in [-0.1, -0.05) is 18.6 Å². The number of benzene rings is 1. The highest BCUT2D eigenvalue weighted by Gasteiger charge is 2.33. The van der Waals surface area contributed by atoms with Gasteiger partial charge < -0.3 is 25.0 Å². The van der Waals surface area contributed by atoms with E-state index in [2.05, 4.69) is 16.0 Å². The number of nitrogen functional groups attached to an aromatic ring is 1. The van der Waals surface area contributed by atoms with Crippen LogP contribution in [-0.2, 0) is 22.7 Å². The van der Waals surface area contributed by atoms with Gasteiger partial charge in [-0.2, -0.15) is 5.26 Å². The summed E-state index contributed by atoms with van der Waals surface area (Å²) in [6.07, 6.45) is 3.52. The number of fused-ring (bicyclic) bond motifs is 3. The molecule has 2 N–H and O–H groups in total. The molecule has 1 aromatic carbocycles. The summed E-state index contributed by atoms with van der Waals surface area (Å²) in [6.45, 7) is 8.28. The van der Waals surface area contributed by atoms with Gasteiger partial charge in [0.25, 0.3) is 0 Å². The van der Waals surface area contributed by atoms with Crippen molar-refractivity contribution in [1.29, 1.82) is 5.26 Å². The molecule has 0 bridgehead atoms. The second kappa shape index (κ2) is 11.8. The molecule has 3 aromatic rings. The largest absolute Gasteiger partial charge is 0.389 e. The number of nitrogens with zero attached hydrogens (tertiary/aromatic N) is 5. The van der Waals surface area contributed by atoms with Crippen LogP contribution in [0.2, 0.25) is 0 Å². The van der Waals surface area contributed by atoms with Crippen molar-refractivity contribution in [3.05, 3.63) is 56.4 Å². The third-order valence-electron chi connectivity index (χ3n) is 7.65. The topological polar surface area (TPSA) is 101 Å². The van der Waals surface area contributed by atoms with Crippen molar-refractivity contribution in [3.8, 4) is 6.07 Å². The van der Waals surface area contributed by atoms with Crippen LogP contribution in [-0.4, -0.2) is 61.3 Å². The summed E-state index contributed by atoms with van der Waals surface area (Å²) >= 11 is 0.994. The molecule has 8 nitrogen and oxygen atoms in total. The van der Waals surface area contributed by atoms with E-state index in [-0.39, 0.29) is 45.8 Å². The molecule has 4 heterocycles. The fraction of sp³-hybridized carbons (Fsp3) is 0.433. The highest BCUT2D eigenvalue weighted by atomic mass is 32.1. The van der Waals surface area contributed by atoms with Crippen molar-refractivity contribution in [2.45, 2.75) is 46.5 Å². The molecule has 0 amide bonds. The zero-order chi connectivity index (χ0) is 29.4. The maximum absolute atomic E-state index is 17.0. The van der Waals surface area contributed by atoms with Gasteiger partial charge in [-0.15, -0.1) is 11.3 Å². The molecule has 0 saturated carbocycles. The van der Waals surface area contributed by atoms with Gasteiger partial charge in [-0.3, -0.25) is 0 Å². The van der Waals surface area contributed by atoms with Crippen molar-refractivity contribution in [1.82, 2.24) is 14.9 Å². The Labute approximate surface area is 242 Å². The molecule has 2 aromatic heterocycles. The van der Waals surface area contributed by atoms with E-state index in [1.807, 2.05) is 32.8 Å². The smallest absolute Gasteiger partial charge is 0.226 e. The standard InChI is InChI=1S/C30H34F2N6O2S/c1-6-16(3)23(25-18(10-33)29(34)41-28(25)22(31)7-2)24-21-15-39-14-20(21)19-11-35-30(36-27(19)26(24)32)38-8-9-40-17(13-38)12-37(4)5/h7,11,17H,6,8-9,12-15,34H2,1-5H3/b22-7+,23-16+/t17-/m1/s1. The summed E-state index contributed by atoms with van der Waals surface area (Å²) in [5, 5.41) is 10.8. The quantitative estimate of drug-likeness (QED) is 0.383. The Morgan fingerprint density at radius 2 is 2.07 bits per heavy atom. The molecule has 0 aliphatic carbocycles. The number of aromatic nitrogens is 2. The fourth-order valence-corrected chi connectivity index (χ4v) is 6.55. The van der Waals surface area contributed by atoms with Gasteiger partial charge in [0.05, 0.1) is 36.4 Å². The normalized spacial score (nSPS) is 18.2. The Balaban J connectivity index is 1.75. The highest BCUT2D eigenvalue weighted by Crippen LogP contribution is 2.47. The number of ether oxygens (including phenoxy) is 2. The van der Waals surface area contributed by atoms with Crippen molar-refractivity contribution in [3.63, 3.8) is 0 Å². The SMILES string of the molecule is C/C=C(/F)c1sc(N)c(C#N)c1/C(=C(\C)CC)c1c2c(c3cnc(N4CCO[C@H](CN(C)C)C4)nc3c1F)COC2. The van der Waals surface area contributed by atoms with E-state index in [9.17, 15) is 5.26 Å². The van der Waals surface area contributed by atoms with Crippen LogP contribution in [0.3, 0.4) is 0 Å². The average Bonchev–Trinajstić information content (AvgIpc) is 3.58. The van der Waals surface area contributed by atoms with Crippen LogP contribution >= 0.6 is 11.3 Å². The minimum atomic E-state index is -0.547. The van der Waals surface area contributed by atoms with Crippen LogP contribution in [0.5, 0.6) is 0 Å². The average molecular weight is 581 g/mol. The van der Waals surface area contributed by atoms with Gasteiger partial charge >= 0.3 is 0 Å². The van der Waals surface area contributed by atoms with Gasteiger partial charge in [0.2, 0.25) is 5.95 Å². The minimum absolute atomic E-state index is 0.0259. The monoisotopic (exact) mass is 580 g/mol. The molecule has 5 rings (SSSR count). The Bertz CT molecular complexity index is 1610. The molecule has 11 heteroatoms. The van der Waals surface area contributed by atoms with Crippen molar-refractivity contribution in [2.75, 3.05) is 51.0 Å². The fourth-order valence-electron chi connectivity index (χ4n) is 5.56. The number of likely N-dealkylation sites (N-methyl/N-ethyl adjacent to an activating group) is 1. The molecular formula is C30H34F2N6O2S. The van der Waals surface area contributed by atoms with Crippen molar-refractivity contribution >= 4 is 44.6 Å². The lowest BCUT2D eigenvalue weighted by atomic mass is 9.85. The second-order valence-electron chi connectivity index (χ2n) is 10.6. The van der Waals surface area contributed by atoms with Crippen LogP contribution in [0.15, 0.2) is 17.8 Å². The number of hydrogen-bond acceptors (Lipinski definition) is 9. The van der Waals surface area contributed by atoms with E-state index in [0.717, 1.165) is 29.0 Å². The van der Waals surface area contributed by atoms with Crippen LogP contribution in [0.25, 0.3) is 22.3 Å². The number of nitriles is 1. The molecule has 0 spiro atoms. The van der Waals surface area contributed by atoms with E-state index in [1.165, 1.54) is 6.08 Å². The molecule has 1 atom stereocenters. The number of allylic oxidation sites excluding steroid dienone is 2. The Morgan fingerprint density at radius 3 is 2.76 bits per heavy atom. The summed E-state index contributed by atoms with van der Waals surface area (Å²) in [5.74, 6) is -0.642. The molecule has 0 unspecified atom stereocenters. The van der Waals surface area contributed by atoms with Crippen molar-refractivity contribution < 1.29 is 18.3 Å². The number of hydrogen-bond donors (Lipinski definition) is 1. The molecule has 1 fully saturated rings. The first-order valence-electron chi connectivity index (χ1n) is 13.6. The summed E-state index contributed by atoms with van der Waals surface area (Å²) in [4.78, 5) is 13.7. The van der Waals surface area contributed by atoms with E-state index in [1.54, 1.807) is 13.1 Å². The lowest BCUT2D eigenvalue weighted by Gasteiger charge is -2.34. The molecule has 0 radical (unpaired) electrons. The lowest BCUT2D eigenvalue weighted by molar-refractivity contribution is 0.0243.